The summed E-state index contributed by atoms with van der Waals surface area (Å²) in [6.07, 6.45) is 0.708. The van der Waals surface area contributed by atoms with Gasteiger partial charge < -0.3 is 15.7 Å². The minimum atomic E-state index is 0. The lowest BCUT2D eigenvalue weighted by Gasteiger charge is -2.14. The first-order valence-corrected chi connectivity index (χ1v) is 4.75. The van der Waals surface area contributed by atoms with Gasteiger partial charge in [-0.3, -0.25) is 0 Å². The van der Waals surface area contributed by atoms with Crippen LogP contribution in [0.25, 0.3) is 0 Å². The predicted molar refractivity (Wildman–Crippen MR) is 67.0 cm³/mol. The van der Waals surface area contributed by atoms with Crippen molar-refractivity contribution in [2.75, 3.05) is 19.0 Å². The molecule has 1 aromatic rings. The number of anilines is 1. The van der Waals surface area contributed by atoms with Crippen molar-refractivity contribution < 1.29 is 5.11 Å². The van der Waals surface area contributed by atoms with Gasteiger partial charge in [-0.05, 0) is 25.0 Å². The molecule has 0 aliphatic heterocycles. The van der Waals surface area contributed by atoms with Crippen LogP contribution in [0.2, 0.25) is 0 Å². The second-order valence-electron chi connectivity index (χ2n) is 3.89. The van der Waals surface area contributed by atoms with Crippen LogP contribution in [0.4, 0.5) is 5.69 Å². The van der Waals surface area contributed by atoms with Gasteiger partial charge in [0.1, 0.15) is 5.75 Å². The van der Waals surface area contributed by atoms with Gasteiger partial charge in [0.05, 0.1) is 0 Å². The zero-order valence-electron chi connectivity index (χ0n) is 9.40. The standard InChI is InChI=1S/C11H18N2O.ClH/c1-8(12)6-9-4-5-10(13(2)3)7-11(9)14;/h4-5,7-8,14H,6,12H2,1-3H3;1H. The Bertz CT molecular complexity index is 313. The molecule has 3 N–H and O–H groups in total. The van der Waals surface area contributed by atoms with Crippen LogP contribution in [0.15, 0.2) is 18.2 Å². The first kappa shape index (κ1) is 14.1. The van der Waals surface area contributed by atoms with Crippen molar-refractivity contribution in [1.29, 1.82) is 0 Å². The van der Waals surface area contributed by atoms with Gasteiger partial charge in [-0.1, -0.05) is 6.07 Å². The van der Waals surface area contributed by atoms with Crippen LogP contribution in [0, 0.1) is 0 Å². The lowest BCUT2D eigenvalue weighted by atomic mass is 10.1. The first-order chi connectivity index (χ1) is 6.50. The van der Waals surface area contributed by atoms with E-state index < -0.39 is 0 Å². The van der Waals surface area contributed by atoms with E-state index in [0.29, 0.717) is 12.2 Å². The molecule has 1 unspecified atom stereocenters. The summed E-state index contributed by atoms with van der Waals surface area (Å²) in [5.74, 6) is 0.327. The van der Waals surface area contributed by atoms with Gasteiger partial charge in [-0.15, -0.1) is 12.4 Å². The maximum atomic E-state index is 9.71. The average Bonchev–Trinajstić information content (AvgIpc) is 2.07. The summed E-state index contributed by atoms with van der Waals surface area (Å²) in [6, 6.07) is 5.74. The quantitative estimate of drug-likeness (QED) is 0.832. The fourth-order valence-corrected chi connectivity index (χ4v) is 1.35. The van der Waals surface area contributed by atoms with Crippen LogP contribution in [0.5, 0.6) is 5.75 Å². The Morgan fingerprint density at radius 1 is 1.40 bits per heavy atom. The average molecular weight is 231 g/mol. The van der Waals surface area contributed by atoms with Gasteiger partial charge in [-0.2, -0.15) is 0 Å². The molecule has 0 aliphatic rings. The molecule has 0 saturated heterocycles. The molecule has 1 rings (SSSR count). The van der Waals surface area contributed by atoms with Gasteiger partial charge in [0, 0.05) is 31.9 Å². The molecule has 0 bridgehead atoms. The highest BCUT2D eigenvalue weighted by atomic mass is 35.5. The third-order valence-corrected chi connectivity index (χ3v) is 2.13. The van der Waals surface area contributed by atoms with Gasteiger partial charge in [-0.25, -0.2) is 0 Å². The van der Waals surface area contributed by atoms with Crippen molar-refractivity contribution >= 4 is 18.1 Å². The molecule has 0 amide bonds. The molecule has 0 aliphatic carbocycles. The van der Waals surface area contributed by atoms with Crippen molar-refractivity contribution in [3.63, 3.8) is 0 Å². The smallest absolute Gasteiger partial charge is 0.120 e. The normalized spacial score (nSPS) is 11.7. The number of nitrogens with zero attached hydrogens (tertiary/aromatic N) is 1. The molecule has 0 spiro atoms. The second kappa shape index (κ2) is 5.83. The molecule has 86 valence electrons. The molecule has 0 heterocycles. The molecule has 4 heteroatoms. The van der Waals surface area contributed by atoms with E-state index in [1.54, 1.807) is 6.07 Å². The Morgan fingerprint density at radius 3 is 2.40 bits per heavy atom. The zero-order valence-corrected chi connectivity index (χ0v) is 10.2. The molecule has 3 nitrogen and oxygen atoms in total. The SMILES string of the molecule is CC(N)Cc1ccc(N(C)C)cc1O.Cl. The van der Waals surface area contributed by atoms with E-state index in [4.69, 9.17) is 5.73 Å². The number of phenolic OH excluding ortho intramolecular Hbond substituents is 1. The fraction of sp³-hybridized carbons (Fsp3) is 0.455. The van der Waals surface area contributed by atoms with Crippen molar-refractivity contribution in [3.05, 3.63) is 23.8 Å². The number of rotatable bonds is 3. The molecule has 0 radical (unpaired) electrons. The number of phenols is 1. The van der Waals surface area contributed by atoms with Gasteiger partial charge in [0.25, 0.3) is 0 Å². The van der Waals surface area contributed by atoms with E-state index >= 15 is 0 Å². The van der Waals surface area contributed by atoms with E-state index in [1.807, 2.05) is 38.1 Å². The summed E-state index contributed by atoms with van der Waals surface area (Å²) in [7, 11) is 3.89. The number of hydrogen-bond donors (Lipinski definition) is 2. The molecule has 0 aromatic heterocycles. The van der Waals surface area contributed by atoms with E-state index in [1.165, 1.54) is 0 Å². The van der Waals surface area contributed by atoms with Crippen LogP contribution in [0.3, 0.4) is 0 Å². The predicted octanol–water partition coefficient (Wildman–Crippen LogP) is 1.77. The summed E-state index contributed by atoms with van der Waals surface area (Å²) >= 11 is 0. The van der Waals surface area contributed by atoms with Gasteiger partial charge in [0.2, 0.25) is 0 Å². The Balaban J connectivity index is 0.00000196. The van der Waals surface area contributed by atoms with Gasteiger partial charge >= 0.3 is 0 Å². The largest absolute Gasteiger partial charge is 0.508 e. The number of benzene rings is 1. The topological polar surface area (TPSA) is 49.5 Å². The molecule has 1 aromatic carbocycles. The van der Waals surface area contributed by atoms with Crippen molar-refractivity contribution in [1.82, 2.24) is 0 Å². The van der Waals surface area contributed by atoms with E-state index in [2.05, 4.69) is 0 Å². The summed E-state index contributed by atoms with van der Waals surface area (Å²) in [5.41, 5.74) is 7.57. The summed E-state index contributed by atoms with van der Waals surface area (Å²) in [4.78, 5) is 1.95. The van der Waals surface area contributed by atoms with Crippen LogP contribution in [-0.4, -0.2) is 25.2 Å². The van der Waals surface area contributed by atoms with Crippen molar-refractivity contribution in [3.8, 4) is 5.75 Å². The summed E-state index contributed by atoms with van der Waals surface area (Å²) < 4.78 is 0. The number of hydrogen-bond acceptors (Lipinski definition) is 3. The Morgan fingerprint density at radius 2 is 2.00 bits per heavy atom. The molecule has 0 fully saturated rings. The maximum Gasteiger partial charge on any atom is 0.120 e. The molecule has 0 saturated carbocycles. The highest BCUT2D eigenvalue weighted by Crippen LogP contribution is 2.24. The molecule has 1 atom stereocenters. The van der Waals surface area contributed by atoms with E-state index in [0.717, 1.165) is 11.3 Å². The molecular weight excluding hydrogens is 212 g/mol. The lowest BCUT2D eigenvalue weighted by molar-refractivity contribution is 0.465. The fourth-order valence-electron chi connectivity index (χ4n) is 1.35. The third-order valence-electron chi connectivity index (χ3n) is 2.13. The minimum Gasteiger partial charge on any atom is -0.508 e. The number of halogens is 1. The Labute approximate surface area is 97.3 Å². The molecular formula is C11H19ClN2O. The van der Waals surface area contributed by atoms with Crippen LogP contribution in [0.1, 0.15) is 12.5 Å². The highest BCUT2D eigenvalue weighted by molar-refractivity contribution is 5.85. The third kappa shape index (κ3) is 3.98. The monoisotopic (exact) mass is 230 g/mol. The zero-order chi connectivity index (χ0) is 10.7. The summed E-state index contributed by atoms with van der Waals surface area (Å²) in [5, 5.41) is 9.71. The number of aromatic hydroxyl groups is 1. The summed E-state index contributed by atoms with van der Waals surface area (Å²) in [6.45, 7) is 1.93. The first-order valence-electron chi connectivity index (χ1n) is 4.75. The maximum absolute atomic E-state index is 9.71. The second-order valence-corrected chi connectivity index (χ2v) is 3.89. The Kier molecular flexibility index (Phi) is 5.47. The molecule has 15 heavy (non-hydrogen) atoms. The van der Waals surface area contributed by atoms with Crippen molar-refractivity contribution in [2.24, 2.45) is 5.73 Å². The lowest BCUT2D eigenvalue weighted by Crippen LogP contribution is -2.18. The van der Waals surface area contributed by atoms with Crippen molar-refractivity contribution in [2.45, 2.75) is 19.4 Å². The van der Waals surface area contributed by atoms with E-state index in [9.17, 15) is 5.11 Å². The van der Waals surface area contributed by atoms with Crippen LogP contribution >= 0.6 is 12.4 Å². The Hall–Kier alpha value is -0.930. The van der Waals surface area contributed by atoms with Crippen LogP contribution < -0.4 is 10.6 Å². The van der Waals surface area contributed by atoms with Gasteiger partial charge in [0.15, 0.2) is 0 Å². The van der Waals surface area contributed by atoms with E-state index in [-0.39, 0.29) is 18.4 Å². The van der Waals surface area contributed by atoms with Crippen LogP contribution in [-0.2, 0) is 6.42 Å². The number of nitrogens with two attached hydrogens (primary N) is 1. The minimum absolute atomic E-state index is 0. The highest BCUT2D eigenvalue weighted by Gasteiger charge is 2.05.